The topological polar surface area (TPSA) is 114 Å². The second kappa shape index (κ2) is 6.74. The summed E-state index contributed by atoms with van der Waals surface area (Å²) in [6, 6.07) is 12.9. The van der Waals surface area contributed by atoms with Gasteiger partial charge < -0.3 is 9.73 Å². The van der Waals surface area contributed by atoms with Crippen molar-refractivity contribution in [2.75, 3.05) is 0 Å². The summed E-state index contributed by atoms with van der Waals surface area (Å²) in [6.45, 7) is 0.170. The molecule has 5 rings (SSSR count). The summed E-state index contributed by atoms with van der Waals surface area (Å²) in [5.41, 5.74) is 2.33. The van der Waals surface area contributed by atoms with Gasteiger partial charge in [0, 0.05) is 6.07 Å². The molecule has 5 aromatic heterocycles. The first kappa shape index (κ1) is 16.4. The average Bonchev–Trinajstić information content (AvgIpc) is 3.52. The minimum atomic E-state index is -0.333. The van der Waals surface area contributed by atoms with Crippen LogP contribution in [0.2, 0.25) is 0 Å². The third kappa shape index (κ3) is 2.95. The molecule has 10 heteroatoms. The molecule has 0 aliphatic heterocycles. The van der Waals surface area contributed by atoms with Gasteiger partial charge in [-0.1, -0.05) is 6.07 Å². The molecule has 5 aromatic rings. The van der Waals surface area contributed by atoms with E-state index in [4.69, 9.17) is 4.42 Å². The number of fused-ring (bicyclic) bond motifs is 1. The summed E-state index contributed by atoms with van der Waals surface area (Å²) in [5.74, 6) is 0.809. The molecule has 0 unspecified atom stereocenters. The van der Waals surface area contributed by atoms with Gasteiger partial charge in [-0.2, -0.15) is 14.7 Å². The van der Waals surface area contributed by atoms with E-state index in [2.05, 4.69) is 30.8 Å². The first-order chi connectivity index (χ1) is 13.8. The molecule has 9 nitrogen and oxygen atoms in total. The SMILES string of the molecule is O=C(NCc1nnc2ccc(-c3cccs3)nn12)c1cc(-c2ccco2)[nH]n1. The lowest BCUT2D eigenvalue weighted by molar-refractivity contribution is 0.0944. The van der Waals surface area contributed by atoms with Crippen LogP contribution in [0.3, 0.4) is 0 Å². The van der Waals surface area contributed by atoms with Crippen molar-refractivity contribution in [2.45, 2.75) is 6.54 Å². The largest absolute Gasteiger partial charge is 0.463 e. The number of carbonyl (C=O) groups is 1. The number of hydrogen-bond donors (Lipinski definition) is 2. The van der Waals surface area contributed by atoms with Gasteiger partial charge in [-0.3, -0.25) is 9.89 Å². The van der Waals surface area contributed by atoms with Gasteiger partial charge >= 0.3 is 0 Å². The van der Waals surface area contributed by atoms with Crippen LogP contribution in [0.5, 0.6) is 0 Å². The van der Waals surface area contributed by atoms with Crippen molar-refractivity contribution >= 4 is 22.9 Å². The Morgan fingerprint density at radius 3 is 3.00 bits per heavy atom. The van der Waals surface area contributed by atoms with Crippen molar-refractivity contribution in [3.05, 3.63) is 65.6 Å². The molecule has 0 aliphatic carbocycles. The highest BCUT2D eigenvalue weighted by molar-refractivity contribution is 7.13. The maximum atomic E-state index is 12.4. The predicted molar refractivity (Wildman–Crippen MR) is 102 cm³/mol. The molecule has 0 aromatic carbocycles. The highest BCUT2D eigenvalue weighted by Crippen LogP contribution is 2.22. The quantitative estimate of drug-likeness (QED) is 0.476. The van der Waals surface area contributed by atoms with Gasteiger partial charge in [0.1, 0.15) is 11.4 Å². The predicted octanol–water partition coefficient (Wildman–Crippen LogP) is 2.77. The van der Waals surface area contributed by atoms with Gasteiger partial charge in [0.2, 0.25) is 0 Å². The first-order valence-corrected chi connectivity index (χ1v) is 9.28. The van der Waals surface area contributed by atoms with Crippen molar-refractivity contribution in [3.63, 3.8) is 0 Å². The summed E-state index contributed by atoms with van der Waals surface area (Å²) in [7, 11) is 0. The summed E-state index contributed by atoms with van der Waals surface area (Å²) in [5, 5.41) is 24.4. The number of nitrogens with zero attached hydrogens (tertiary/aromatic N) is 5. The lowest BCUT2D eigenvalue weighted by Gasteiger charge is -2.03. The molecule has 0 radical (unpaired) electrons. The normalized spacial score (nSPS) is 11.1. The molecule has 28 heavy (non-hydrogen) atoms. The maximum absolute atomic E-state index is 12.4. The molecule has 0 aliphatic rings. The summed E-state index contributed by atoms with van der Waals surface area (Å²) in [4.78, 5) is 13.5. The number of aromatic nitrogens is 6. The van der Waals surface area contributed by atoms with Crippen LogP contribution in [-0.2, 0) is 6.54 Å². The molecule has 138 valence electrons. The molecule has 1 amide bonds. The lowest BCUT2D eigenvalue weighted by Crippen LogP contribution is -2.24. The Morgan fingerprint density at radius 2 is 2.18 bits per heavy atom. The van der Waals surface area contributed by atoms with Crippen LogP contribution >= 0.6 is 11.3 Å². The van der Waals surface area contributed by atoms with E-state index in [0.717, 1.165) is 10.6 Å². The van der Waals surface area contributed by atoms with Gasteiger partial charge in [0.25, 0.3) is 5.91 Å². The summed E-state index contributed by atoms with van der Waals surface area (Å²) in [6.07, 6.45) is 1.56. The van der Waals surface area contributed by atoms with E-state index in [0.29, 0.717) is 22.9 Å². The summed E-state index contributed by atoms with van der Waals surface area (Å²) >= 11 is 1.60. The molecule has 0 spiro atoms. The number of amides is 1. The second-order valence-corrected chi connectivity index (χ2v) is 6.86. The molecule has 0 fully saturated rings. The maximum Gasteiger partial charge on any atom is 0.272 e. The van der Waals surface area contributed by atoms with E-state index in [-0.39, 0.29) is 18.1 Å². The fraction of sp³-hybridized carbons (Fsp3) is 0.0556. The minimum Gasteiger partial charge on any atom is -0.463 e. The van der Waals surface area contributed by atoms with Gasteiger partial charge in [0.15, 0.2) is 22.9 Å². The van der Waals surface area contributed by atoms with Crippen molar-refractivity contribution in [2.24, 2.45) is 0 Å². The van der Waals surface area contributed by atoms with E-state index < -0.39 is 0 Å². The Hall–Kier alpha value is -3.79. The fourth-order valence-electron chi connectivity index (χ4n) is 2.75. The highest BCUT2D eigenvalue weighted by Gasteiger charge is 2.15. The molecule has 0 saturated heterocycles. The molecule has 0 atom stereocenters. The number of carbonyl (C=O) groups excluding carboxylic acids is 1. The fourth-order valence-corrected chi connectivity index (χ4v) is 3.44. The van der Waals surface area contributed by atoms with Crippen LogP contribution in [0.4, 0.5) is 0 Å². The molecular formula is C18H13N7O2S. The average molecular weight is 391 g/mol. The minimum absolute atomic E-state index is 0.170. The van der Waals surface area contributed by atoms with Gasteiger partial charge in [-0.15, -0.1) is 21.5 Å². The van der Waals surface area contributed by atoms with Gasteiger partial charge in [-0.25, -0.2) is 0 Å². The van der Waals surface area contributed by atoms with Crippen molar-refractivity contribution < 1.29 is 9.21 Å². The Kier molecular flexibility index (Phi) is 3.95. The standard InChI is InChI=1S/C18H13N7O2S/c26-18(13-9-12(20-21-13)14-3-1-7-27-14)19-10-17-23-22-16-6-5-11(24-25(16)17)15-4-2-8-28-15/h1-9H,10H2,(H,19,26)(H,20,21). The van der Waals surface area contributed by atoms with E-state index in [1.54, 1.807) is 40.3 Å². The second-order valence-electron chi connectivity index (χ2n) is 5.91. The van der Waals surface area contributed by atoms with Crippen LogP contribution in [0.25, 0.3) is 27.7 Å². The van der Waals surface area contributed by atoms with Crippen LogP contribution in [0.15, 0.2) is 58.5 Å². The zero-order valence-electron chi connectivity index (χ0n) is 14.4. The Balaban J connectivity index is 1.34. The van der Waals surface area contributed by atoms with Crippen molar-refractivity contribution in [1.82, 2.24) is 35.3 Å². The number of thiophene rings is 1. The van der Waals surface area contributed by atoms with E-state index in [1.165, 1.54) is 0 Å². The molecular weight excluding hydrogens is 378 g/mol. The first-order valence-electron chi connectivity index (χ1n) is 8.40. The number of H-pyrrole nitrogens is 1. The third-order valence-electron chi connectivity index (χ3n) is 4.11. The molecule has 0 saturated carbocycles. The number of nitrogens with one attached hydrogen (secondary N) is 2. The zero-order chi connectivity index (χ0) is 18.9. The molecule has 5 heterocycles. The Bertz CT molecular complexity index is 1240. The third-order valence-corrected chi connectivity index (χ3v) is 5.00. The van der Waals surface area contributed by atoms with Crippen molar-refractivity contribution in [1.29, 1.82) is 0 Å². The van der Waals surface area contributed by atoms with E-state index in [9.17, 15) is 4.79 Å². The van der Waals surface area contributed by atoms with Crippen LogP contribution in [-0.4, -0.2) is 35.9 Å². The van der Waals surface area contributed by atoms with E-state index >= 15 is 0 Å². The number of hydrogen-bond acceptors (Lipinski definition) is 7. The highest BCUT2D eigenvalue weighted by atomic mass is 32.1. The zero-order valence-corrected chi connectivity index (χ0v) is 15.2. The van der Waals surface area contributed by atoms with Crippen LogP contribution in [0.1, 0.15) is 16.3 Å². The monoisotopic (exact) mass is 391 g/mol. The van der Waals surface area contributed by atoms with E-state index in [1.807, 2.05) is 29.6 Å². The number of rotatable bonds is 5. The molecule has 0 bridgehead atoms. The number of furan rings is 1. The Labute approximate surface area is 162 Å². The van der Waals surface area contributed by atoms with Gasteiger partial charge in [0.05, 0.1) is 17.7 Å². The smallest absolute Gasteiger partial charge is 0.272 e. The number of aromatic amines is 1. The molecule has 2 N–H and O–H groups in total. The van der Waals surface area contributed by atoms with Crippen molar-refractivity contribution in [3.8, 4) is 22.0 Å². The lowest BCUT2D eigenvalue weighted by atomic mass is 10.3. The van der Waals surface area contributed by atoms with Gasteiger partial charge in [-0.05, 0) is 35.7 Å². The van der Waals surface area contributed by atoms with Crippen LogP contribution < -0.4 is 5.32 Å². The van der Waals surface area contributed by atoms with Crippen LogP contribution in [0, 0.1) is 0 Å². The summed E-state index contributed by atoms with van der Waals surface area (Å²) < 4.78 is 6.92. The Morgan fingerprint density at radius 1 is 1.21 bits per heavy atom.